The lowest BCUT2D eigenvalue weighted by molar-refractivity contribution is 0.565. The van der Waals surface area contributed by atoms with Crippen molar-refractivity contribution in [1.29, 1.82) is 0 Å². The molecule has 0 aromatic heterocycles. The maximum Gasteiger partial charge on any atom is 0.191 e. The van der Waals surface area contributed by atoms with Crippen molar-refractivity contribution in [2.24, 2.45) is 4.99 Å². The van der Waals surface area contributed by atoms with Crippen molar-refractivity contribution in [3.63, 3.8) is 0 Å². The maximum absolute atomic E-state index is 13.7. The summed E-state index contributed by atoms with van der Waals surface area (Å²) in [6.07, 6.45) is 3.37. The molecular weight excluding hydrogens is 488 g/mol. The lowest BCUT2D eigenvalue weighted by atomic mass is 10.2. The van der Waals surface area contributed by atoms with Crippen LogP contribution in [-0.2, 0) is 9.84 Å². The highest BCUT2D eigenvalue weighted by Gasteiger charge is 2.25. The van der Waals surface area contributed by atoms with Gasteiger partial charge in [0.1, 0.15) is 10.7 Å². The molecule has 0 spiro atoms. The number of sulfone groups is 1. The van der Waals surface area contributed by atoms with Crippen LogP contribution in [-0.4, -0.2) is 50.8 Å². The van der Waals surface area contributed by atoms with Gasteiger partial charge < -0.3 is 10.6 Å². The van der Waals surface area contributed by atoms with E-state index in [2.05, 4.69) is 22.5 Å². The van der Waals surface area contributed by atoms with Gasteiger partial charge >= 0.3 is 0 Å². The second-order valence-corrected chi connectivity index (χ2v) is 9.63. The highest BCUT2D eigenvalue weighted by molar-refractivity contribution is 14.0. The van der Waals surface area contributed by atoms with Crippen LogP contribution in [0.4, 0.5) is 4.39 Å². The summed E-state index contributed by atoms with van der Waals surface area (Å²) in [5.74, 6) is 0.817. The van der Waals surface area contributed by atoms with E-state index in [4.69, 9.17) is 0 Å². The highest BCUT2D eigenvalue weighted by Crippen LogP contribution is 2.29. The maximum atomic E-state index is 13.7. The van der Waals surface area contributed by atoms with Crippen LogP contribution < -0.4 is 10.6 Å². The molecule has 0 heterocycles. The summed E-state index contributed by atoms with van der Waals surface area (Å²) in [4.78, 5) is 3.90. The molecular formula is C17H27FIN3O2S2. The van der Waals surface area contributed by atoms with E-state index in [1.807, 2.05) is 11.8 Å². The minimum absolute atomic E-state index is 0. The van der Waals surface area contributed by atoms with Crippen molar-refractivity contribution in [3.8, 4) is 0 Å². The van der Waals surface area contributed by atoms with Crippen molar-refractivity contribution in [2.75, 3.05) is 25.1 Å². The molecule has 0 amide bonds. The molecule has 2 atom stereocenters. The first-order valence-corrected chi connectivity index (χ1v) is 11.2. The van der Waals surface area contributed by atoms with Crippen LogP contribution in [0, 0.1) is 5.82 Å². The van der Waals surface area contributed by atoms with Crippen molar-refractivity contribution >= 4 is 51.5 Å². The van der Waals surface area contributed by atoms with Crippen LogP contribution in [0.5, 0.6) is 0 Å². The van der Waals surface area contributed by atoms with E-state index in [0.29, 0.717) is 17.3 Å². The van der Waals surface area contributed by atoms with Gasteiger partial charge in [-0.2, -0.15) is 11.8 Å². The highest BCUT2D eigenvalue weighted by atomic mass is 127. The summed E-state index contributed by atoms with van der Waals surface area (Å²) in [5.41, 5.74) is 0. The van der Waals surface area contributed by atoms with Crippen molar-refractivity contribution < 1.29 is 12.8 Å². The van der Waals surface area contributed by atoms with Gasteiger partial charge in [-0.15, -0.1) is 24.0 Å². The number of hydrogen-bond acceptors (Lipinski definition) is 4. The molecule has 1 aromatic carbocycles. The normalized spacial score (nSPS) is 20.5. The van der Waals surface area contributed by atoms with E-state index in [0.717, 1.165) is 24.7 Å². The van der Waals surface area contributed by atoms with Gasteiger partial charge in [0, 0.05) is 24.9 Å². The molecule has 2 rings (SSSR count). The van der Waals surface area contributed by atoms with Gasteiger partial charge in [-0.3, -0.25) is 4.99 Å². The Morgan fingerprint density at radius 2 is 2.08 bits per heavy atom. The minimum atomic E-state index is -3.66. The average molecular weight is 515 g/mol. The molecule has 2 unspecified atom stereocenters. The predicted octanol–water partition coefficient (Wildman–Crippen LogP) is 3.06. The van der Waals surface area contributed by atoms with E-state index >= 15 is 0 Å². The molecule has 1 fully saturated rings. The van der Waals surface area contributed by atoms with Crippen molar-refractivity contribution in [3.05, 3.63) is 30.1 Å². The van der Waals surface area contributed by atoms with E-state index < -0.39 is 15.7 Å². The fourth-order valence-electron chi connectivity index (χ4n) is 2.96. The monoisotopic (exact) mass is 515 g/mol. The first-order chi connectivity index (χ1) is 12.0. The zero-order valence-electron chi connectivity index (χ0n) is 15.1. The van der Waals surface area contributed by atoms with Gasteiger partial charge in [0.15, 0.2) is 15.8 Å². The topological polar surface area (TPSA) is 70.6 Å². The number of aliphatic imine (C=N–C) groups is 1. The van der Waals surface area contributed by atoms with Crippen LogP contribution in [0.2, 0.25) is 0 Å². The lowest BCUT2D eigenvalue weighted by Crippen LogP contribution is -2.44. The van der Waals surface area contributed by atoms with E-state index in [9.17, 15) is 12.8 Å². The Bertz CT molecular complexity index is 701. The van der Waals surface area contributed by atoms with Gasteiger partial charge in [0.2, 0.25) is 0 Å². The summed E-state index contributed by atoms with van der Waals surface area (Å²) in [7, 11) is -2.00. The Hall–Kier alpha value is -0.550. The number of rotatable bonds is 7. The number of benzene rings is 1. The quantitative estimate of drug-likeness (QED) is 0.332. The summed E-state index contributed by atoms with van der Waals surface area (Å²) < 4.78 is 38.1. The van der Waals surface area contributed by atoms with Gasteiger partial charge in [0.05, 0.1) is 5.75 Å². The number of halogens is 2. The van der Waals surface area contributed by atoms with Crippen LogP contribution >= 0.6 is 35.7 Å². The second-order valence-electron chi connectivity index (χ2n) is 5.98. The van der Waals surface area contributed by atoms with Crippen LogP contribution in [0.1, 0.15) is 26.2 Å². The smallest absolute Gasteiger partial charge is 0.191 e. The Kier molecular flexibility index (Phi) is 10.2. The van der Waals surface area contributed by atoms with Crippen LogP contribution in [0.25, 0.3) is 0 Å². The molecule has 1 aliphatic carbocycles. The largest absolute Gasteiger partial charge is 0.355 e. The van der Waals surface area contributed by atoms with Crippen LogP contribution in [0.3, 0.4) is 0 Å². The molecule has 0 aliphatic heterocycles. The Morgan fingerprint density at radius 1 is 1.35 bits per heavy atom. The summed E-state index contributed by atoms with van der Waals surface area (Å²) in [6, 6.07) is 5.81. The standard InChI is InChI=1S/C17H26FN3O2S2.HI/c1-3-24-14-9-8-13(12-14)21-17(19-2)20-10-11-25(22,23)16-7-5-4-6-15(16)18;/h4-7,13-14H,3,8-12H2,1-2H3,(H2,19,20,21);1H. The summed E-state index contributed by atoms with van der Waals surface area (Å²) in [5, 5.41) is 7.05. The van der Waals surface area contributed by atoms with Gasteiger partial charge in [0.25, 0.3) is 0 Å². The molecule has 1 aromatic rings. The zero-order chi connectivity index (χ0) is 18.3. The third-order valence-corrected chi connectivity index (χ3v) is 7.16. The average Bonchev–Trinajstić information content (AvgIpc) is 3.01. The van der Waals surface area contributed by atoms with E-state index in [1.165, 1.54) is 24.6 Å². The van der Waals surface area contributed by atoms with Crippen molar-refractivity contribution in [1.82, 2.24) is 10.6 Å². The molecule has 148 valence electrons. The third-order valence-electron chi connectivity index (χ3n) is 4.19. The second kappa shape index (κ2) is 11.3. The molecule has 5 nitrogen and oxygen atoms in total. The number of thioether (sulfide) groups is 1. The molecule has 1 saturated carbocycles. The van der Waals surface area contributed by atoms with Crippen LogP contribution in [0.15, 0.2) is 34.2 Å². The van der Waals surface area contributed by atoms with Crippen molar-refractivity contribution in [2.45, 2.75) is 42.4 Å². The Labute approximate surface area is 176 Å². The molecule has 0 bridgehead atoms. The Balaban J connectivity index is 0.00000338. The molecule has 0 radical (unpaired) electrons. The van der Waals surface area contributed by atoms with Gasteiger partial charge in [-0.05, 0) is 37.1 Å². The number of nitrogens with zero attached hydrogens (tertiary/aromatic N) is 1. The predicted molar refractivity (Wildman–Crippen MR) is 118 cm³/mol. The fourth-order valence-corrected chi connectivity index (χ4v) is 5.34. The number of guanidine groups is 1. The van der Waals surface area contributed by atoms with E-state index in [1.54, 1.807) is 7.05 Å². The molecule has 26 heavy (non-hydrogen) atoms. The summed E-state index contributed by atoms with van der Waals surface area (Å²) >= 11 is 1.98. The van der Waals surface area contributed by atoms with Gasteiger partial charge in [-0.1, -0.05) is 19.1 Å². The molecule has 1 aliphatic rings. The van der Waals surface area contributed by atoms with E-state index in [-0.39, 0.29) is 41.2 Å². The fraction of sp³-hybridized carbons (Fsp3) is 0.588. The molecule has 9 heteroatoms. The molecule has 0 saturated heterocycles. The zero-order valence-corrected chi connectivity index (χ0v) is 19.0. The number of nitrogens with one attached hydrogen (secondary N) is 2. The molecule has 2 N–H and O–H groups in total. The third kappa shape index (κ3) is 6.88. The first kappa shape index (κ1) is 23.5. The lowest BCUT2D eigenvalue weighted by Gasteiger charge is -2.17. The Morgan fingerprint density at radius 3 is 2.73 bits per heavy atom. The summed E-state index contributed by atoms with van der Waals surface area (Å²) in [6.45, 7) is 2.35. The first-order valence-electron chi connectivity index (χ1n) is 8.52. The minimum Gasteiger partial charge on any atom is -0.355 e. The van der Waals surface area contributed by atoms with Gasteiger partial charge in [-0.25, -0.2) is 12.8 Å². The SMILES string of the molecule is CCSC1CCC(NC(=NC)NCCS(=O)(=O)c2ccccc2F)C1.I. The number of hydrogen-bond donors (Lipinski definition) is 2.